The van der Waals surface area contributed by atoms with Crippen LogP contribution < -0.4 is 10.9 Å². The molecule has 0 atom stereocenters. The number of nitrogens with zero attached hydrogens (tertiary/aromatic N) is 3. The Kier molecular flexibility index (Phi) is 5.25. The van der Waals surface area contributed by atoms with E-state index in [4.69, 9.17) is 0 Å². The Hall–Kier alpha value is -3.55. The number of aromatic nitrogens is 2. The maximum atomic E-state index is 12.5. The monoisotopic (exact) mass is 366 g/mol. The van der Waals surface area contributed by atoms with Gasteiger partial charge in [0.1, 0.15) is 0 Å². The fraction of sp³-hybridized carbons (Fsp3) is 0.211. The maximum absolute atomic E-state index is 12.5. The van der Waals surface area contributed by atoms with Crippen molar-refractivity contribution in [2.75, 3.05) is 0 Å². The van der Waals surface area contributed by atoms with Crippen molar-refractivity contribution in [2.45, 2.75) is 26.4 Å². The molecule has 0 radical (unpaired) electrons. The summed E-state index contributed by atoms with van der Waals surface area (Å²) < 4.78 is 1.42. The third-order valence-corrected chi connectivity index (χ3v) is 4.27. The van der Waals surface area contributed by atoms with Gasteiger partial charge < -0.3 is 5.32 Å². The summed E-state index contributed by atoms with van der Waals surface area (Å²) in [5.41, 5.74) is 2.18. The quantitative estimate of drug-likeness (QED) is 0.532. The van der Waals surface area contributed by atoms with E-state index in [0.717, 1.165) is 11.1 Å². The average molecular weight is 366 g/mol. The Morgan fingerprint density at radius 1 is 1.22 bits per heavy atom. The molecular formula is C19H18N4O4. The van der Waals surface area contributed by atoms with Gasteiger partial charge in [-0.1, -0.05) is 24.3 Å². The van der Waals surface area contributed by atoms with E-state index in [1.165, 1.54) is 23.0 Å². The summed E-state index contributed by atoms with van der Waals surface area (Å²) in [6.07, 6.45) is 1.59. The number of amides is 1. The number of nitrogens with one attached hydrogen (secondary N) is 1. The molecule has 0 aliphatic carbocycles. The van der Waals surface area contributed by atoms with Crippen LogP contribution in [-0.2, 0) is 17.9 Å². The molecular weight excluding hydrogens is 348 g/mol. The number of hydrogen-bond donors (Lipinski definition) is 1. The molecule has 1 amide bonds. The van der Waals surface area contributed by atoms with Crippen molar-refractivity contribution in [1.29, 1.82) is 0 Å². The minimum Gasteiger partial charge on any atom is -0.352 e. The van der Waals surface area contributed by atoms with E-state index >= 15 is 0 Å². The van der Waals surface area contributed by atoms with Gasteiger partial charge >= 0.3 is 0 Å². The van der Waals surface area contributed by atoms with Gasteiger partial charge in [-0.15, -0.1) is 0 Å². The van der Waals surface area contributed by atoms with Gasteiger partial charge in [0.15, 0.2) is 0 Å². The molecule has 138 valence electrons. The first kappa shape index (κ1) is 18.2. The molecule has 0 fully saturated rings. The lowest BCUT2D eigenvalue weighted by atomic mass is 10.1. The number of nitro groups is 1. The summed E-state index contributed by atoms with van der Waals surface area (Å²) in [5, 5.41) is 13.9. The summed E-state index contributed by atoms with van der Waals surface area (Å²) in [4.78, 5) is 39.0. The normalized spacial score (nSPS) is 10.7. The zero-order valence-electron chi connectivity index (χ0n) is 14.7. The van der Waals surface area contributed by atoms with E-state index in [2.05, 4.69) is 10.3 Å². The Morgan fingerprint density at radius 2 is 1.96 bits per heavy atom. The van der Waals surface area contributed by atoms with Gasteiger partial charge in [-0.3, -0.25) is 24.3 Å². The Morgan fingerprint density at radius 3 is 2.67 bits per heavy atom. The van der Waals surface area contributed by atoms with Crippen LogP contribution in [0.1, 0.15) is 17.5 Å². The minimum atomic E-state index is -0.473. The summed E-state index contributed by atoms with van der Waals surface area (Å²) in [7, 11) is 0. The fourth-order valence-electron chi connectivity index (χ4n) is 2.74. The topological polar surface area (TPSA) is 107 Å². The molecule has 0 bridgehead atoms. The van der Waals surface area contributed by atoms with E-state index in [9.17, 15) is 19.7 Å². The number of para-hydroxylation sites is 1. The number of carbonyl (C=O) groups is 1. The predicted molar refractivity (Wildman–Crippen MR) is 100 cm³/mol. The van der Waals surface area contributed by atoms with Gasteiger partial charge in [0.05, 0.1) is 22.2 Å². The molecule has 0 unspecified atom stereocenters. The lowest BCUT2D eigenvalue weighted by Gasteiger charge is -2.08. The third kappa shape index (κ3) is 4.17. The molecule has 1 aromatic heterocycles. The van der Waals surface area contributed by atoms with Crippen molar-refractivity contribution in [2.24, 2.45) is 0 Å². The molecule has 2 aromatic carbocycles. The van der Waals surface area contributed by atoms with Gasteiger partial charge in [0.2, 0.25) is 5.91 Å². The predicted octanol–water partition coefficient (Wildman–Crippen LogP) is 2.32. The summed E-state index contributed by atoms with van der Waals surface area (Å²) in [6.45, 7) is 2.38. The number of rotatable bonds is 6. The molecule has 8 nitrogen and oxygen atoms in total. The zero-order chi connectivity index (χ0) is 19.4. The first-order chi connectivity index (χ1) is 13.0. The van der Waals surface area contributed by atoms with Crippen molar-refractivity contribution in [3.8, 4) is 0 Å². The Balaban J connectivity index is 1.59. The van der Waals surface area contributed by atoms with Crippen LogP contribution >= 0.6 is 0 Å². The molecule has 27 heavy (non-hydrogen) atoms. The molecule has 3 aromatic rings. The first-order valence-corrected chi connectivity index (χ1v) is 8.40. The molecule has 8 heteroatoms. The highest BCUT2D eigenvalue weighted by Crippen LogP contribution is 2.12. The van der Waals surface area contributed by atoms with Crippen LogP contribution in [0.3, 0.4) is 0 Å². The van der Waals surface area contributed by atoms with Crippen LogP contribution in [0.2, 0.25) is 0 Å². The fourth-order valence-corrected chi connectivity index (χ4v) is 2.74. The number of hydrogen-bond acceptors (Lipinski definition) is 5. The van der Waals surface area contributed by atoms with Crippen LogP contribution in [0.5, 0.6) is 0 Å². The largest absolute Gasteiger partial charge is 0.352 e. The van der Waals surface area contributed by atoms with Crippen molar-refractivity contribution in [1.82, 2.24) is 14.9 Å². The third-order valence-electron chi connectivity index (χ3n) is 4.27. The number of aryl methyl sites for hydroxylation is 2. The standard InChI is InChI=1S/C19H18N4O4/c1-13-3-2-4-16-18(13)21-12-22(19(16)25)10-9-17(24)20-11-14-5-7-15(8-6-14)23(26)27/h2-8,12H,9-11H2,1H3,(H,20,24). The highest BCUT2D eigenvalue weighted by Gasteiger charge is 2.08. The molecule has 0 saturated heterocycles. The first-order valence-electron chi connectivity index (χ1n) is 8.40. The molecule has 3 rings (SSSR count). The van der Waals surface area contributed by atoms with Gasteiger partial charge in [0, 0.05) is 31.6 Å². The van der Waals surface area contributed by atoms with Crippen molar-refractivity contribution in [3.05, 3.63) is 80.4 Å². The highest BCUT2D eigenvalue weighted by molar-refractivity contribution is 5.80. The van der Waals surface area contributed by atoms with E-state index in [0.29, 0.717) is 10.9 Å². The number of carbonyl (C=O) groups excluding carboxylic acids is 1. The molecule has 1 N–H and O–H groups in total. The van der Waals surface area contributed by atoms with Crippen LogP contribution in [0.25, 0.3) is 10.9 Å². The molecule has 0 saturated carbocycles. The van der Waals surface area contributed by atoms with Crippen LogP contribution in [0.15, 0.2) is 53.6 Å². The maximum Gasteiger partial charge on any atom is 0.269 e. The smallest absolute Gasteiger partial charge is 0.269 e. The Labute approximate surface area is 154 Å². The van der Waals surface area contributed by atoms with Crippen LogP contribution in [0, 0.1) is 17.0 Å². The summed E-state index contributed by atoms with van der Waals surface area (Å²) >= 11 is 0. The van der Waals surface area contributed by atoms with Gasteiger partial charge in [-0.2, -0.15) is 0 Å². The lowest BCUT2D eigenvalue weighted by molar-refractivity contribution is -0.384. The second-order valence-electron chi connectivity index (χ2n) is 6.16. The number of benzene rings is 2. The molecule has 0 aliphatic rings. The molecule has 0 spiro atoms. The van der Waals surface area contributed by atoms with Crippen LogP contribution in [0.4, 0.5) is 5.69 Å². The number of fused-ring (bicyclic) bond motifs is 1. The van der Waals surface area contributed by atoms with E-state index in [1.807, 2.05) is 19.1 Å². The Bertz CT molecular complexity index is 1060. The van der Waals surface area contributed by atoms with Crippen molar-refractivity contribution in [3.63, 3.8) is 0 Å². The minimum absolute atomic E-state index is 0.00323. The summed E-state index contributed by atoms with van der Waals surface area (Å²) in [5.74, 6) is -0.218. The van der Waals surface area contributed by atoms with E-state index < -0.39 is 4.92 Å². The SMILES string of the molecule is Cc1cccc2c(=O)n(CCC(=O)NCc3ccc([N+](=O)[O-])cc3)cnc12. The summed E-state index contributed by atoms with van der Waals surface area (Å²) in [6, 6.07) is 11.4. The average Bonchev–Trinajstić information content (AvgIpc) is 2.66. The van der Waals surface area contributed by atoms with Gasteiger partial charge in [-0.05, 0) is 24.1 Å². The second kappa shape index (κ2) is 7.77. The van der Waals surface area contributed by atoms with E-state index in [1.54, 1.807) is 18.2 Å². The van der Waals surface area contributed by atoms with Crippen molar-refractivity contribution < 1.29 is 9.72 Å². The lowest BCUT2D eigenvalue weighted by Crippen LogP contribution is -2.27. The van der Waals surface area contributed by atoms with Crippen LogP contribution in [-0.4, -0.2) is 20.4 Å². The molecule has 0 aliphatic heterocycles. The van der Waals surface area contributed by atoms with Gasteiger partial charge in [-0.25, -0.2) is 4.98 Å². The highest BCUT2D eigenvalue weighted by atomic mass is 16.6. The van der Waals surface area contributed by atoms with Crippen molar-refractivity contribution >= 4 is 22.5 Å². The zero-order valence-corrected chi connectivity index (χ0v) is 14.7. The second-order valence-corrected chi connectivity index (χ2v) is 6.16. The number of nitro benzene ring substituents is 1. The van der Waals surface area contributed by atoms with E-state index in [-0.39, 0.29) is 36.7 Å². The van der Waals surface area contributed by atoms with Gasteiger partial charge in [0.25, 0.3) is 11.2 Å². The number of non-ortho nitro benzene ring substituents is 1. The molecule has 1 heterocycles.